The summed E-state index contributed by atoms with van der Waals surface area (Å²) in [6.07, 6.45) is 1.17. The van der Waals surface area contributed by atoms with Crippen molar-refractivity contribution in [3.05, 3.63) is 63.2 Å². The van der Waals surface area contributed by atoms with Crippen molar-refractivity contribution in [2.45, 2.75) is 32.4 Å². The molecule has 0 spiro atoms. The van der Waals surface area contributed by atoms with E-state index in [0.29, 0.717) is 6.04 Å². The van der Waals surface area contributed by atoms with Crippen molar-refractivity contribution in [3.63, 3.8) is 0 Å². The first-order chi connectivity index (χ1) is 10.1. The molecule has 0 radical (unpaired) electrons. The molecule has 0 aliphatic rings. The minimum absolute atomic E-state index is 0.199. The molecule has 0 aliphatic carbocycles. The lowest BCUT2D eigenvalue weighted by molar-refractivity contribution is 0.242. The van der Waals surface area contributed by atoms with Gasteiger partial charge in [-0.05, 0) is 85.3 Å². The van der Waals surface area contributed by atoms with Crippen LogP contribution in [0.4, 0.5) is 0 Å². The fourth-order valence-electron chi connectivity index (χ4n) is 2.32. The normalized spacial score (nSPS) is 12.4. The number of likely N-dealkylation sites (N-methyl/N-ethyl adjacent to an activating group) is 1. The molecule has 0 saturated carbocycles. The lowest BCUT2D eigenvalue weighted by atomic mass is 9.99. The zero-order valence-electron chi connectivity index (χ0n) is 12.8. The predicted molar refractivity (Wildman–Crippen MR) is 96.9 cm³/mol. The minimum atomic E-state index is 0.199. The van der Waals surface area contributed by atoms with Gasteiger partial charge >= 0.3 is 0 Å². The van der Waals surface area contributed by atoms with E-state index in [2.05, 4.69) is 70.4 Å². The molecule has 0 aliphatic heterocycles. The van der Waals surface area contributed by atoms with Crippen LogP contribution in [0.25, 0.3) is 0 Å². The molecule has 2 rings (SSSR count). The molecule has 3 heteroatoms. The van der Waals surface area contributed by atoms with Gasteiger partial charge < -0.3 is 10.1 Å². The number of hydrogen-bond acceptors (Lipinski definition) is 2. The van der Waals surface area contributed by atoms with Gasteiger partial charge in [0.25, 0.3) is 0 Å². The topological polar surface area (TPSA) is 21.3 Å². The van der Waals surface area contributed by atoms with Gasteiger partial charge in [-0.2, -0.15) is 0 Å². The van der Waals surface area contributed by atoms with E-state index in [1.807, 2.05) is 27.0 Å². The average molecular weight is 395 g/mol. The first-order valence-electron chi connectivity index (χ1n) is 7.27. The Morgan fingerprint density at radius 3 is 2.43 bits per heavy atom. The third-order valence-electron chi connectivity index (χ3n) is 3.33. The molecule has 0 fully saturated rings. The molecule has 1 N–H and O–H groups in total. The van der Waals surface area contributed by atoms with E-state index in [0.717, 1.165) is 12.2 Å². The highest BCUT2D eigenvalue weighted by atomic mass is 127. The summed E-state index contributed by atoms with van der Waals surface area (Å²) in [5.41, 5.74) is 2.60. The highest BCUT2D eigenvalue weighted by Crippen LogP contribution is 2.23. The second-order valence-corrected chi connectivity index (χ2v) is 6.66. The lowest BCUT2D eigenvalue weighted by Crippen LogP contribution is -2.19. The number of hydrogen-bond donors (Lipinski definition) is 1. The number of benzene rings is 2. The Morgan fingerprint density at radius 1 is 1.10 bits per heavy atom. The maximum atomic E-state index is 5.79. The maximum absolute atomic E-state index is 5.79. The predicted octanol–water partition coefficient (Wildman–Crippen LogP) is 4.58. The second kappa shape index (κ2) is 7.80. The molecule has 0 amide bonds. The first-order valence-corrected chi connectivity index (χ1v) is 8.34. The quantitative estimate of drug-likeness (QED) is 0.723. The Hall–Kier alpha value is -1.07. The van der Waals surface area contributed by atoms with Crippen LogP contribution in [0.2, 0.25) is 0 Å². The molecular weight excluding hydrogens is 373 g/mol. The third kappa shape index (κ3) is 5.00. The number of rotatable bonds is 6. The Labute approximate surface area is 141 Å². The van der Waals surface area contributed by atoms with Crippen LogP contribution in [0.5, 0.6) is 5.75 Å². The van der Waals surface area contributed by atoms with Crippen molar-refractivity contribution in [2.75, 3.05) is 7.05 Å². The molecule has 2 nitrogen and oxygen atoms in total. The van der Waals surface area contributed by atoms with Gasteiger partial charge in [0.1, 0.15) is 5.75 Å². The van der Waals surface area contributed by atoms with Crippen molar-refractivity contribution in [3.8, 4) is 5.75 Å². The van der Waals surface area contributed by atoms with E-state index >= 15 is 0 Å². The summed E-state index contributed by atoms with van der Waals surface area (Å²) in [7, 11) is 2.01. The highest BCUT2D eigenvalue weighted by molar-refractivity contribution is 14.1. The van der Waals surface area contributed by atoms with E-state index in [1.165, 1.54) is 14.7 Å². The zero-order chi connectivity index (χ0) is 15.2. The van der Waals surface area contributed by atoms with Gasteiger partial charge in [0, 0.05) is 9.61 Å². The van der Waals surface area contributed by atoms with Gasteiger partial charge in [0.15, 0.2) is 0 Å². The van der Waals surface area contributed by atoms with Crippen molar-refractivity contribution >= 4 is 22.6 Å². The smallest absolute Gasteiger partial charge is 0.120 e. The van der Waals surface area contributed by atoms with Crippen LogP contribution < -0.4 is 10.1 Å². The number of nitrogens with one attached hydrogen (secondary N) is 1. The summed E-state index contributed by atoms with van der Waals surface area (Å²) < 4.78 is 7.05. The molecule has 1 atom stereocenters. The molecule has 0 heterocycles. The molecular formula is C18H22INO. The monoisotopic (exact) mass is 395 g/mol. The summed E-state index contributed by atoms with van der Waals surface area (Å²) >= 11 is 2.33. The number of halogens is 1. The van der Waals surface area contributed by atoms with Crippen molar-refractivity contribution < 1.29 is 4.74 Å². The Kier molecular flexibility index (Phi) is 6.06. The maximum Gasteiger partial charge on any atom is 0.120 e. The van der Waals surface area contributed by atoms with Crippen LogP contribution in [0.15, 0.2) is 48.5 Å². The molecule has 112 valence electrons. The Bertz CT molecular complexity index is 566. The zero-order valence-corrected chi connectivity index (χ0v) is 14.9. The van der Waals surface area contributed by atoms with E-state index in [9.17, 15) is 0 Å². The molecule has 2 aromatic rings. The van der Waals surface area contributed by atoms with Crippen LogP contribution in [-0.2, 0) is 6.42 Å². The lowest BCUT2D eigenvalue weighted by Gasteiger charge is -2.18. The van der Waals surface area contributed by atoms with Crippen LogP contribution in [0, 0.1) is 3.57 Å². The van der Waals surface area contributed by atoms with Gasteiger partial charge in [-0.25, -0.2) is 0 Å². The highest BCUT2D eigenvalue weighted by Gasteiger charge is 2.11. The first kappa shape index (κ1) is 16.3. The fraction of sp³-hybridized carbons (Fsp3) is 0.333. The number of ether oxygens (including phenoxy) is 1. The van der Waals surface area contributed by atoms with E-state index in [-0.39, 0.29) is 6.10 Å². The van der Waals surface area contributed by atoms with Gasteiger partial charge in [-0.3, -0.25) is 0 Å². The Balaban J connectivity index is 2.15. The van der Waals surface area contributed by atoms with Gasteiger partial charge in [0.05, 0.1) is 6.10 Å². The molecule has 1 unspecified atom stereocenters. The summed E-state index contributed by atoms with van der Waals surface area (Å²) in [6, 6.07) is 17.4. The molecule has 21 heavy (non-hydrogen) atoms. The van der Waals surface area contributed by atoms with Crippen LogP contribution in [0.1, 0.15) is 31.0 Å². The molecule has 0 saturated heterocycles. The van der Waals surface area contributed by atoms with Crippen LogP contribution >= 0.6 is 22.6 Å². The average Bonchev–Trinajstić information content (AvgIpc) is 2.46. The molecule has 0 aromatic heterocycles. The van der Waals surface area contributed by atoms with Crippen LogP contribution in [0.3, 0.4) is 0 Å². The van der Waals surface area contributed by atoms with E-state index in [1.54, 1.807) is 0 Å². The van der Waals surface area contributed by atoms with E-state index < -0.39 is 0 Å². The fourth-order valence-corrected chi connectivity index (χ4v) is 2.68. The summed E-state index contributed by atoms with van der Waals surface area (Å²) in [4.78, 5) is 0. The largest absolute Gasteiger partial charge is 0.491 e. The standard InChI is InChI=1S/C18H22INO/c1-13(2)21-17-6-4-5-15(12-17)18(20-3)11-14-7-9-16(19)10-8-14/h4-10,12-13,18,20H,11H2,1-3H3. The van der Waals surface area contributed by atoms with Crippen molar-refractivity contribution in [2.24, 2.45) is 0 Å². The summed E-state index contributed by atoms with van der Waals surface area (Å²) in [5, 5.41) is 3.40. The van der Waals surface area contributed by atoms with E-state index in [4.69, 9.17) is 4.74 Å². The van der Waals surface area contributed by atoms with Gasteiger partial charge in [-0.15, -0.1) is 0 Å². The Morgan fingerprint density at radius 2 is 1.81 bits per heavy atom. The SMILES string of the molecule is CNC(Cc1ccc(I)cc1)c1cccc(OC(C)C)c1. The minimum Gasteiger partial charge on any atom is -0.491 e. The molecule has 2 aromatic carbocycles. The van der Waals surface area contributed by atoms with Crippen molar-refractivity contribution in [1.29, 1.82) is 0 Å². The molecule has 0 bridgehead atoms. The summed E-state index contributed by atoms with van der Waals surface area (Å²) in [6.45, 7) is 4.10. The van der Waals surface area contributed by atoms with Gasteiger partial charge in [0.2, 0.25) is 0 Å². The van der Waals surface area contributed by atoms with Crippen molar-refractivity contribution in [1.82, 2.24) is 5.32 Å². The summed E-state index contributed by atoms with van der Waals surface area (Å²) in [5.74, 6) is 0.936. The third-order valence-corrected chi connectivity index (χ3v) is 4.05. The van der Waals surface area contributed by atoms with Crippen LogP contribution in [-0.4, -0.2) is 13.2 Å². The second-order valence-electron chi connectivity index (χ2n) is 5.41. The van der Waals surface area contributed by atoms with Gasteiger partial charge in [-0.1, -0.05) is 24.3 Å².